The van der Waals surface area contributed by atoms with Crippen LogP contribution >= 0.6 is 68.8 Å². The summed E-state index contributed by atoms with van der Waals surface area (Å²) in [6.07, 6.45) is 9.74. The molecule has 0 radical (unpaired) electrons. The molecule has 3 aliphatic heterocycles. The van der Waals surface area contributed by atoms with Crippen molar-refractivity contribution in [2.24, 2.45) is 0 Å². The van der Waals surface area contributed by atoms with Gasteiger partial charge in [0.25, 0.3) is 0 Å². The van der Waals surface area contributed by atoms with Crippen molar-refractivity contribution in [3.05, 3.63) is 200 Å². The Kier molecular flexibility index (Phi) is 28.5. The number of likely N-dealkylation sites (N-methyl/N-ethyl adjacent to an activating group) is 1. The first kappa shape index (κ1) is 89.8. The number of halogens is 3. The molecule has 15 rings (SSSR count). The van der Waals surface area contributed by atoms with Gasteiger partial charge >= 0.3 is 17.9 Å². The molecule has 0 bridgehead atoms. The minimum absolute atomic E-state index is 0.258. The Balaban J connectivity index is 0.000000157. The van der Waals surface area contributed by atoms with Crippen molar-refractivity contribution in [3.63, 3.8) is 0 Å². The maximum atomic E-state index is 13.4. The number of esters is 2. The van der Waals surface area contributed by atoms with Gasteiger partial charge in [0.05, 0.1) is 60.7 Å². The van der Waals surface area contributed by atoms with Crippen molar-refractivity contribution >= 4 is 123 Å². The lowest BCUT2D eigenvalue weighted by Crippen LogP contribution is -2.29. The average molecular weight is 1750 g/mol. The fourth-order valence-electron chi connectivity index (χ4n) is 15.4. The summed E-state index contributed by atoms with van der Waals surface area (Å²) >= 11 is 23.4. The molecule has 21 nitrogen and oxygen atoms in total. The SMILES string of the molecule is CCOC(=O)[C@@H](OC(C)(C)C)c1c(C)cc2nc(-c3ccnc(C4=CCN(C)CC4)n3)sc2c1-c1ccc(Cl)cc1.CCOC(=O)[C@@H](OC(C)(C)C)c1c(C)cc2nc(-c3ccnc(C4CCN(C)CC4)n3)sc2c1-c1ccc(Cl)cc1.Cc1cc2nc(-c3ccnc(C4CCN(C)CC4)n3)sc2c(-c2ccc(Cl)cc2)c1[C@H](OC(C)(C)C)C(=O)O. The van der Waals surface area contributed by atoms with Gasteiger partial charge in [-0.05, 0) is 288 Å². The first-order valence-corrected chi connectivity index (χ1v) is 44.6. The number of rotatable bonds is 20. The third-order valence-electron chi connectivity index (χ3n) is 21.1. The van der Waals surface area contributed by atoms with Gasteiger partial charge in [0.1, 0.15) is 43.8 Å². The number of thiazole rings is 3. The van der Waals surface area contributed by atoms with Crippen molar-refractivity contribution in [2.75, 3.05) is 73.6 Å². The van der Waals surface area contributed by atoms with Crippen LogP contribution in [0.1, 0.15) is 189 Å². The number of hydrogen-bond acceptors (Lipinski definition) is 23. The Morgan fingerprint density at radius 2 is 0.785 bits per heavy atom. The second kappa shape index (κ2) is 38.4. The van der Waals surface area contributed by atoms with Crippen LogP contribution in [0.2, 0.25) is 15.1 Å². The highest BCUT2D eigenvalue weighted by molar-refractivity contribution is 7.23. The molecule has 27 heteroatoms. The number of fused-ring (bicyclic) bond motifs is 3. The number of carboxylic acids is 1. The third-order valence-corrected chi connectivity index (χ3v) is 25.2. The predicted molar refractivity (Wildman–Crippen MR) is 488 cm³/mol. The Morgan fingerprint density at radius 1 is 0.455 bits per heavy atom. The Hall–Kier alpha value is -8.99. The molecule has 2 saturated heterocycles. The van der Waals surface area contributed by atoms with Crippen LogP contribution in [0.4, 0.5) is 0 Å². The highest BCUT2D eigenvalue weighted by Crippen LogP contribution is 2.49. The minimum atomic E-state index is -1.15. The summed E-state index contributed by atoms with van der Waals surface area (Å²) in [5, 5.41) is 14.5. The van der Waals surface area contributed by atoms with Gasteiger partial charge in [0.15, 0.2) is 24.1 Å². The molecule has 3 aliphatic rings. The van der Waals surface area contributed by atoms with E-state index < -0.39 is 53.0 Å². The van der Waals surface area contributed by atoms with Crippen LogP contribution in [0.25, 0.3) is 102 Å². The van der Waals surface area contributed by atoms with E-state index >= 15 is 0 Å². The molecule has 6 aromatic heterocycles. The zero-order valence-electron chi connectivity index (χ0n) is 71.7. The maximum Gasteiger partial charge on any atom is 0.339 e. The molecule has 0 saturated carbocycles. The number of ether oxygens (including phenoxy) is 5. The van der Waals surface area contributed by atoms with Gasteiger partial charge in [-0.25, -0.2) is 59.2 Å². The van der Waals surface area contributed by atoms with Gasteiger partial charge in [-0.1, -0.05) is 77.3 Å². The summed E-state index contributed by atoms with van der Waals surface area (Å²) in [7, 11) is 6.41. The fourth-order valence-corrected chi connectivity index (χ4v) is 19.0. The number of hydrogen-bond donors (Lipinski definition) is 1. The minimum Gasteiger partial charge on any atom is -0.479 e. The van der Waals surface area contributed by atoms with Crippen molar-refractivity contribution in [1.82, 2.24) is 59.6 Å². The number of piperidine rings is 2. The standard InChI is InChI=1S/C32H37ClN4O3S.C32H35ClN4O3S.C30H33ClN4O3S/c2*1-7-39-31(38)27(40-32(3,4)5)25-19(2)18-24-28(26(25)20-8-10-22(33)11-9-20)41-30(36-24)23-12-15-34-29(35-23)21-13-16-37(6)17-14-21;1-17-16-22-26(39-28(34-22)21-10-13-32-27(33-21)19-11-14-35(5)15-12-19)24(18-6-8-20(31)9-7-18)23(17)25(29(36)37)38-30(2,3)4/h8-12,15,18,21,27H,7,13-14,16-17H2,1-6H3;8-13,15,18,27H,7,14,16-17H2,1-6H3;6-10,13,16,19,25H,11-12,14-15H2,1-5H3,(H,36,37)/t2*27-;25-/m000/s1. The lowest BCUT2D eigenvalue weighted by atomic mass is 9.91. The maximum absolute atomic E-state index is 13.4. The lowest BCUT2D eigenvalue weighted by molar-refractivity contribution is -0.167. The van der Waals surface area contributed by atoms with Gasteiger partial charge in [0, 0.05) is 92.0 Å². The summed E-state index contributed by atoms with van der Waals surface area (Å²) in [6, 6.07) is 34.5. The number of carbonyl (C=O) groups excluding carboxylic acids is 2. The molecule has 9 heterocycles. The second-order valence-electron chi connectivity index (χ2n) is 34.0. The summed E-state index contributed by atoms with van der Waals surface area (Å²) in [5.41, 5.74) is 14.2. The number of aryl methyl sites for hydroxylation is 3. The smallest absolute Gasteiger partial charge is 0.339 e. The van der Waals surface area contributed by atoms with Crippen molar-refractivity contribution in [1.29, 1.82) is 0 Å². The van der Waals surface area contributed by atoms with Crippen LogP contribution in [-0.2, 0) is 38.1 Å². The molecular formula is C94H105Cl3N12O9S3. The zero-order valence-corrected chi connectivity index (χ0v) is 76.4. The Bertz CT molecular complexity index is 5770. The highest BCUT2D eigenvalue weighted by Gasteiger charge is 2.38. The Morgan fingerprint density at radius 3 is 1.11 bits per heavy atom. The van der Waals surface area contributed by atoms with E-state index in [1.807, 2.05) is 205 Å². The lowest BCUT2D eigenvalue weighted by Gasteiger charge is -2.29. The predicted octanol–water partition coefficient (Wildman–Crippen LogP) is 22.3. The second-order valence-corrected chi connectivity index (χ2v) is 38.3. The molecule has 6 aromatic carbocycles. The summed E-state index contributed by atoms with van der Waals surface area (Å²) in [5.74, 6) is 1.29. The van der Waals surface area contributed by atoms with Gasteiger partial charge in [0.2, 0.25) is 0 Å². The number of carbonyl (C=O) groups is 3. The number of likely N-dealkylation sites (tertiary alicyclic amines) is 2. The fraction of sp³-hybridized carbons (Fsp3) is 0.404. The van der Waals surface area contributed by atoms with E-state index in [0.29, 0.717) is 32.5 Å². The topological polar surface area (TPSA) is 243 Å². The van der Waals surface area contributed by atoms with Gasteiger partial charge in [-0.3, -0.25) is 0 Å². The molecular weight excluding hydrogens is 1640 g/mol. The van der Waals surface area contributed by atoms with Crippen molar-refractivity contribution in [2.45, 2.75) is 176 Å². The molecule has 1 N–H and O–H groups in total. The molecule has 0 spiro atoms. The largest absolute Gasteiger partial charge is 0.479 e. The van der Waals surface area contributed by atoms with Gasteiger partial charge in [-0.2, -0.15) is 0 Å². The summed E-state index contributed by atoms with van der Waals surface area (Å²) < 4.78 is 32.7. The van der Waals surface area contributed by atoms with E-state index in [0.717, 1.165) is 218 Å². The van der Waals surface area contributed by atoms with E-state index in [1.54, 1.807) is 42.7 Å². The number of benzene rings is 6. The van der Waals surface area contributed by atoms with Crippen LogP contribution in [0, 0.1) is 20.8 Å². The quantitative estimate of drug-likeness (QED) is 0.0697. The molecule has 121 heavy (non-hydrogen) atoms. The number of aromatic nitrogens is 9. The highest BCUT2D eigenvalue weighted by atomic mass is 35.5. The normalized spacial score (nSPS) is 15.7. The van der Waals surface area contributed by atoms with Crippen LogP contribution in [0.15, 0.2) is 134 Å². The van der Waals surface area contributed by atoms with Crippen LogP contribution in [0.5, 0.6) is 0 Å². The Labute approximate surface area is 735 Å². The van der Waals surface area contributed by atoms with Crippen LogP contribution < -0.4 is 0 Å². The van der Waals surface area contributed by atoms with Gasteiger partial charge < -0.3 is 43.5 Å². The summed E-state index contributed by atoms with van der Waals surface area (Å²) in [4.78, 5) is 89.9. The number of aliphatic carboxylic acids is 1. The van der Waals surface area contributed by atoms with E-state index in [-0.39, 0.29) is 13.2 Å². The molecule has 0 aliphatic carbocycles. The number of carboxylic acid groups (broad SMARTS) is 1. The monoisotopic (exact) mass is 1750 g/mol. The zero-order chi connectivity index (χ0) is 86.5. The first-order valence-electron chi connectivity index (χ1n) is 41.0. The molecule has 12 aromatic rings. The first-order chi connectivity index (χ1) is 57.6. The number of nitrogens with zero attached hydrogens (tertiary/aromatic N) is 12. The summed E-state index contributed by atoms with van der Waals surface area (Å²) in [6.45, 7) is 33.3. The van der Waals surface area contributed by atoms with Crippen LogP contribution in [-0.4, -0.2) is 173 Å². The molecule has 634 valence electrons. The van der Waals surface area contributed by atoms with E-state index in [4.69, 9.17) is 88.4 Å². The van der Waals surface area contributed by atoms with E-state index in [1.165, 1.54) is 11.3 Å². The van der Waals surface area contributed by atoms with Gasteiger partial charge in [-0.15, -0.1) is 34.0 Å². The van der Waals surface area contributed by atoms with Crippen molar-refractivity contribution in [3.8, 4) is 65.5 Å². The molecule has 2 fully saturated rings. The molecule has 0 unspecified atom stereocenters. The van der Waals surface area contributed by atoms with E-state index in [9.17, 15) is 19.5 Å². The molecule has 0 amide bonds. The average Bonchev–Trinajstić information content (AvgIpc) is 1.66. The molecule has 3 atom stereocenters. The van der Waals surface area contributed by atoms with Crippen LogP contribution in [0.3, 0.4) is 0 Å². The third kappa shape index (κ3) is 21.8. The van der Waals surface area contributed by atoms with Crippen molar-refractivity contribution < 1.29 is 43.2 Å². The van der Waals surface area contributed by atoms with E-state index in [2.05, 4.69) is 56.9 Å².